The van der Waals surface area contributed by atoms with Crippen LogP contribution in [0.15, 0.2) is 59.7 Å². The molecule has 0 fully saturated rings. The van der Waals surface area contributed by atoms with Gasteiger partial charge in [-0.2, -0.15) is 5.10 Å². The van der Waals surface area contributed by atoms with Crippen molar-refractivity contribution in [2.75, 3.05) is 5.32 Å². The van der Waals surface area contributed by atoms with Crippen molar-refractivity contribution in [3.8, 4) is 0 Å². The maximum absolute atomic E-state index is 12.7. The number of guanidine groups is 1. The third kappa shape index (κ3) is 3.97. The van der Waals surface area contributed by atoms with E-state index in [1.165, 1.54) is 0 Å². The number of fused-ring (bicyclic) bond motifs is 2. The Morgan fingerprint density at radius 1 is 1.10 bits per heavy atom. The number of hydrazone groups is 1. The van der Waals surface area contributed by atoms with Crippen molar-refractivity contribution in [1.82, 2.24) is 15.4 Å². The van der Waals surface area contributed by atoms with Gasteiger partial charge in [-0.3, -0.25) is 15.2 Å². The molecule has 0 spiro atoms. The molecule has 2 aromatic carbocycles. The number of amides is 1. The second kappa shape index (κ2) is 7.67. The van der Waals surface area contributed by atoms with Crippen LogP contribution in [0.25, 0.3) is 21.8 Å². The monoisotopic (exact) mass is 399 g/mol. The van der Waals surface area contributed by atoms with Crippen molar-refractivity contribution < 1.29 is 4.79 Å². The zero-order chi connectivity index (χ0) is 21.3. The molecule has 1 amide bonds. The number of hydrogen-bond donors (Lipinski definition) is 5. The minimum absolute atomic E-state index is 0.227. The Kier molecular flexibility index (Phi) is 4.89. The summed E-state index contributed by atoms with van der Waals surface area (Å²) < 4.78 is 0. The average molecular weight is 399 g/mol. The maximum Gasteiger partial charge on any atom is 0.272 e. The number of aromatic nitrogens is 2. The van der Waals surface area contributed by atoms with E-state index in [-0.39, 0.29) is 11.9 Å². The molecule has 0 saturated carbocycles. The molecule has 0 bridgehead atoms. The van der Waals surface area contributed by atoms with E-state index in [9.17, 15) is 4.79 Å². The van der Waals surface area contributed by atoms with Gasteiger partial charge in [-0.25, -0.2) is 5.43 Å². The zero-order valence-corrected chi connectivity index (χ0v) is 16.6. The second-order valence-corrected chi connectivity index (χ2v) is 7.02. The van der Waals surface area contributed by atoms with Gasteiger partial charge in [0, 0.05) is 27.7 Å². The molecule has 0 radical (unpaired) electrons. The molecule has 6 N–H and O–H groups in total. The Bertz CT molecular complexity index is 1320. The van der Waals surface area contributed by atoms with Gasteiger partial charge in [0.25, 0.3) is 5.91 Å². The summed E-state index contributed by atoms with van der Waals surface area (Å²) in [6.45, 7) is 3.75. The van der Waals surface area contributed by atoms with E-state index in [1.54, 1.807) is 6.07 Å². The number of anilines is 1. The molecule has 0 aliphatic rings. The van der Waals surface area contributed by atoms with E-state index in [1.807, 2.05) is 62.4 Å². The standard InChI is InChI=1S/C22H21N7O/c1-12-3-4-14-5-7-17(11-19(14)25-12)26-21(30)20-10-16-9-15(6-8-18(16)27-20)13(2)28-29-22(23)24/h3-11,27H,1-2H3,(H,26,30)(H4,23,24,29)/b28-13-. The fraction of sp³-hybridized carbons (Fsp3) is 0.0909. The number of carbonyl (C=O) groups excluding carboxylic acids is 1. The number of aromatic amines is 1. The number of nitrogens with two attached hydrogens (primary N) is 1. The van der Waals surface area contributed by atoms with E-state index in [0.717, 1.165) is 33.1 Å². The number of nitrogens with one attached hydrogen (secondary N) is 4. The van der Waals surface area contributed by atoms with Crippen LogP contribution in [0.5, 0.6) is 0 Å². The Labute approximate surface area is 172 Å². The predicted octanol–water partition coefficient (Wildman–Crippen LogP) is 3.48. The second-order valence-electron chi connectivity index (χ2n) is 7.02. The largest absolute Gasteiger partial charge is 0.369 e. The summed E-state index contributed by atoms with van der Waals surface area (Å²) in [5.41, 5.74) is 13.0. The normalized spacial score (nSPS) is 11.6. The molecule has 8 heteroatoms. The lowest BCUT2D eigenvalue weighted by atomic mass is 10.1. The Balaban J connectivity index is 1.57. The lowest BCUT2D eigenvalue weighted by Gasteiger charge is -2.05. The highest BCUT2D eigenvalue weighted by molar-refractivity contribution is 6.08. The topological polar surface area (TPSA) is 132 Å². The van der Waals surface area contributed by atoms with Crippen LogP contribution in [0.1, 0.15) is 28.7 Å². The van der Waals surface area contributed by atoms with E-state index in [4.69, 9.17) is 11.1 Å². The molecular formula is C22H21N7O. The minimum Gasteiger partial charge on any atom is -0.369 e. The summed E-state index contributed by atoms with van der Waals surface area (Å²) >= 11 is 0. The van der Waals surface area contributed by atoms with Crippen LogP contribution in [0.2, 0.25) is 0 Å². The maximum atomic E-state index is 12.7. The number of benzene rings is 2. The molecule has 0 aliphatic heterocycles. The van der Waals surface area contributed by atoms with E-state index < -0.39 is 0 Å². The first-order chi connectivity index (χ1) is 14.4. The summed E-state index contributed by atoms with van der Waals surface area (Å²) in [6, 6.07) is 17.1. The van der Waals surface area contributed by atoms with Crippen molar-refractivity contribution in [2.45, 2.75) is 13.8 Å². The molecule has 2 heterocycles. The molecule has 0 saturated heterocycles. The van der Waals surface area contributed by atoms with Gasteiger partial charge in [0.05, 0.1) is 11.2 Å². The average Bonchev–Trinajstić information content (AvgIpc) is 3.15. The number of aryl methyl sites for hydroxylation is 1. The van der Waals surface area contributed by atoms with Gasteiger partial charge in [0.1, 0.15) is 5.69 Å². The molecule has 0 unspecified atom stereocenters. The van der Waals surface area contributed by atoms with Gasteiger partial charge in [0.15, 0.2) is 0 Å². The molecule has 150 valence electrons. The third-order valence-electron chi connectivity index (χ3n) is 4.72. The fourth-order valence-corrected chi connectivity index (χ4v) is 3.18. The first kappa shape index (κ1) is 19.1. The number of pyridine rings is 1. The number of carbonyl (C=O) groups is 1. The summed E-state index contributed by atoms with van der Waals surface area (Å²) in [5, 5.41) is 16.1. The Morgan fingerprint density at radius 3 is 2.70 bits per heavy atom. The van der Waals surface area contributed by atoms with Crippen molar-refractivity contribution >= 4 is 45.1 Å². The first-order valence-corrected chi connectivity index (χ1v) is 9.35. The van der Waals surface area contributed by atoms with Crippen molar-refractivity contribution in [3.05, 3.63) is 71.5 Å². The summed E-state index contributed by atoms with van der Waals surface area (Å²) in [4.78, 5) is 20.4. The molecule has 4 rings (SSSR count). The molecule has 0 atom stereocenters. The molecule has 2 aromatic heterocycles. The van der Waals surface area contributed by atoms with E-state index in [0.29, 0.717) is 17.1 Å². The van der Waals surface area contributed by atoms with Gasteiger partial charge in [-0.05, 0) is 55.8 Å². The van der Waals surface area contributed by atoms with Crippen LogP contribution in [-0.2, 0) is 0 Å². The van der Waals surface area contributed by atoms with Crippen LogP contribution >= 0.6 is 0 Å². The van der Waals surface area contributed by atoms with Crippen molar-refractivity contribution in [1.29, 1.82) is 5.41 Å². The van der Waals surface area contributed by atoms with Gasteiger partial charge in [0.2, 0.25) is 5.96 Å². The lowest BCUT2D eigenvalue weighted by molar-refractivity contribution is 0.102. The van der Waals surface area contributed by atoms with E-state index >= 15 is 0 Å². The Morgan fingerprint density at radius 2 is 1.90 bits per heavy atom. The first-order valence-electron chi connectivity index (χ1n) is 9.35. The van der Waals surface area contributed by atoms with Crippen LogP contribution < -0.4 is 16.5 Å². The predicted molar refractivity (Wildman–Crippen MR) is 120 cm³/mol. The number of hydrogen-bond acceptors (Lipinski definition) is 4. The molecule has 30 heavy (non-hydrogen) atoms. The Hall–Kier alpha value is -4.20. The zero-order valence-electron chi connectivity index (χ0n) is 16.6. The van der Waals surface area contributed by atoms with Gasteiger partial charge < -0.3 is 16.0 Å². The number of H-pyrrole nitrogens is 1. The highest BCUT2D eigenvalue weighted by Crippen LogP contribution is 2.21. The van der Waals surface area contributed by atoms with Crippen LogP contribution in [0.3, 0.4) is 0 Å². The van der Waals surface area contributed by atoms with Gasteiger partial charge >= 0.3 is 0 Å². The lowest BCUT2D eigenvalue weighted by Crippen LogP contribution is -2.26. The highest BCUT2D eigenvalue weighted by Gasteiger charge is 2.11. The molecule has 0 aliphatic carbocycles. The van der Waals surface area contributed by atoms with Crippen LogP contribution in [-0.4, -0.2) is 27.5 Å². The third-order valence-corrected chi connectivity index (χ3v) is 4.72. The highest BCUT2D eigenvalue weighted by atomic mass is 16.1. The minimum atomic E-state index is -0.233. The van der Waals surface area contributed by atoms with Crippen LogP contribution in [0.4, 0.5) is 5.69 Å². The summed E-state index contributed by atoms with van der Waals surface area (Å²) in [6.07, 6.45) is 0. The summed E-state index contributed by atoms with van der Waals surface area (Å²) in [5.74, 6) is -0.460. The van der Waals surface area contributed by atoms with E-state index in [2.05, 4.69) is 25.8 Å². The molecule has 8 nitrogen and oxygen atoms in total. The van der Waals surface area contributed by atoms with Gasteiger partial charge in [-0.15, -0.1) is 0 Å². The fourth-order valence-electron chi connectivity index (χ4n) is 3.18. The summed E-state index contributed by atoms with van der Waals surface area (Å²) in [7, 11) is 0. The number of rotatable bonds is 4. The molecule has 4 aromatic rings. The number of nitrogens with zero attached hydrogens (tertiary/aromatic N) is 2. The van der Waals surface area contributed by atoms with Crippen LogP contribution in [0, 0.1) is 12.3 Å². The molecular weight excluding hydrogens is 378 g/mol. The SMILES string of the molecule is C/C(=N/NC(=N)N)c1ccc2[nH]c(C(=O)Nc3ccc4ccc(C)nc4c3)cc2c1. The van der Waals surface area contributed by atoms with Crippen molar-refractivity contribution in [2.24, 2.45) is 10.8 Å². The smallest absolute Gasteiger partial charge is 0.272 e. The quantitative estimate of drug-likeness (QED) is 0.204. The van der Waals surface area contributed by atoms with Gasteiger partial charge in [-0.1, -0.05) is 18.2 Å². The van der Waals surface area contributed by atoms with Crippen molar-refractivity contribution in [3.63, 3.8) is 0 Å².